The normalized spacial score (nSPS) is 14.2. The van der Waals surface area contributed by atoms with E-state index in [1.54, 1.807) is 48.6 Å². The highest BCUT2D eigenvalue weighted by molar-refractivity contribution is 6.24. The van der Waals surface area contributed by atoms with Crippen molar-refractivity contribution < 1.29 is 19.2 Å². The third kappa shape index (κ3) is 5.36. The van der Waals surface area contributed by atoms with Crippen LogP contribution in [0.3, 0.4) is 0 Å². The molecule has 2 aromatic carbocycles. The highest BCUT2D eigenvalue weighted by atomic mass is 19.1. The maximum Gasteiger partial charge on any atom is 0.267 e. The fourth-order valence-electron chi connectivity index (χ4n) is 2.51. The predicted molar refractivity (Wildman–Crippen MR) is 101 cm³/mol. The summed E-state index contributed by atoms with van der Waals surface area (Å²) < 4.78 is 13.6. The molecule has 0 aromatic heterocycles. The molecule has 0 bridgehead atoms. The molecular weight excluding hydrogens is 347 g/mol. The van der Waals surface area contributed by atoms with Crippen LogP contribution in [0.15, 0.2) is 54.6 Å². The highest BCUT2D eigenvalue weighted by Crippen LogP contribution is 2.24. The van der Waals surface area contributed by atoms with E-state index < -0.39 is 11.7 Å². The van der Waals surface area contributed by atoms with Gasteiger partial charge in [-0.3, -0.25) is 14.8 Å². The van der Waals surface area contributed by atoms with Gasteiger partial charge in [0.05, 0.1) is 0 Å². The zero-order valence-corrected chi connectivity index (χ0v) is 14.5. The standard InChI is InChI=1S/C21H19FN2O3/c22-17-3-1-2-16(13-17)19(21(26)23-18-9-10-18)12-15-6-4-14(5-7-15)8-11-20(25)24-27/h1-8,11-13,18,27H,9-10H2,(H,23,26)(H,24,25)/b11-8+,19-12+. The molecule has 6 heteroatoms. The van der Waals surface area contributed by atoms with Gasteiger partial charge in [0.25, 0.3) is 11.8 Å². The fraction of sp³-hybridized carbons (Fsp3) is 0.143. The lowest BCUT2D eigenvalue weighted by Gasteiger charge is -2.09. The number of hydrogen-bond donors (Lipinski definition) is 3. The van der Waals surface area contributed by atoms with Crippen molar-refractivity contribution in [2.24, 2.45) is 0 Å². The summed E-state index contributed by atoms with van der Waals surface area (Å²) in [4.78, 5) is 23.6. The number of nitrogens with one attached hydrogen (secondary N) is 2. The molecule has 0 heterocycles. The van der Waals surface area contributed by atoms with E-state index in [9.17, 15) is 14.0 Å². The zero-order chi connectivity index (χ0) is 19.2. The summed E-state index contributed by atoms with van der Waals surface area (Å²) in [6.45, 7) is 0. The number of carbonyl (C=O) groups excluding carboxylic acids is 2. The van der Waals surface area contributed by atoms with Crippen LogP contribution in [0.2, 0.25) is 0 Å². The van der Waals surface area contributed by atoms with Gasteiger partial charge in [0.15, 0.2) is 0 Å². The van der Waals surface area contributed by atoms with Crippen LogP contribution in [0.5, 0.6) is 0 Å². The van der Waals surface area contributed by atoms with Gasteiger partial charge in [-0.1, -0.05) is 36.4 Å². The molecule has 3 rings (SSSR count). The molecule has 1 saturated carbocycles. The van der Waals surface area contributed by atoms with Crippen LogP contribution in [0, 0.1) is 5.82 Å². The van der Waals surface area contributed by atoms with Crippen molar-refractivity contribution in [1.29, 1.82) is 0 Å². The summed E-state index contributed by atoms with van der Waals surface area (Å²) in [6, 6.07) is 13.3. The maximum atomic E-state index is 13.6. The molecule has 0 atom stereocenters. The summed E-state index contributed by atoms with van der Waals surface area (Å²) in [5.74, 6) is -1.25. The van der Waals surface area contributed by atoms with E-state index in [0.29, 0.717) is 11.1 Å². The lowest BCUT2D eigenvalue weighted by atomic mass is 10.0. The molecule has 5 nitrogen and oxygen atoms in total. The van der Waals surface area contributed by atoms with Crippen molar-refractivity contribution in [3.63, 3.8) is 0 Å². The summed E-state index contributed by atoms with van der Waals surface area (Å²) in [7, 11) is 0. The average molecular weight is 366 g/mol. The lowest BCUT2D eigenvalue weighted by Crippen LogP contribution is -2.26. The summed E-state index contributed by atoms with van der Waals surface area (Å²) in [5, 5.41) is 11.4. The quantitative estimate of drug-likeness (QED) is 0.318. The van der Waals surface area contributed by atoms with E-state index in [4.69, 9.17) is 5.21 Å². The predicted octanol–water partition coefficient (Wildman–Crippen LogP) is 3.16. The average Bonchev–Trinajstić information content (AvgIpc) is 3.49. The molecule has 1 aliphatic rings. The highest BCUT2D eigenvalue weighted by Gasteiger charge is 2.25. The van der Waals surface area contributed by atoms with E-state index in [2.05, 4.69) is 5.32 Å². The minimum absolute atomic E-state index is 0.194. The Labute approximate surface area is 156 Å². The van der Waals surface area contributed by atoms with Crippen LogP contribution >= 0.6 is 0 Å². The smallest absolute Gasteiger partial charge is 0.267 e. The SMILES string of the molecule is O=C(/C=C/c1ccc(/C=C(/C(=O)NC2CC2)c2cccc(F)c2)cc1)NO. The van der Waals surface area contributed by atoms with Gasteiger partial charge in [0.1, 0.15) is 5.82 Å². The molecule has 0 unspecified atom stereocenters. The van der Waals surface area contributed by atoms with Crippen molar-refractivity contribution in [3.05, 3.63) is 77.1 Å². The molecule has 0 radical (unpaired) electrons. The molecule has 1 fully saturated rings. The topological polar surface area (TPSA) is 78.4 Å². The van der Waals surface area contributed by atoms with E-state index >= 15 is 0 Å². The second-order valence-corrected chi connectivity index (χ2v) is 6.29. The Kier molecular flexibility index (Phi) is 5.78. The molecule has 0 spiro atoms. The second-order valence-electron chi connectivity index (χ2n) is 6.29. The third-order valence-corrected chi connectivity index (χ3v) is 4.08. The van der Waals surface area contributed by atoms with E-state index in [1.165, 1.54) is 23.7 Å². The van der Waals surface area contributed by atoms with Gasteiger partial charge in [-0.15, -0.1) is 0 Å². The van der Waals surface area contributed by atoms with Crippen LogP contribution in [-0.4, -0.2) is 23.1 Å². The minimum Gasteiger partial charge on any atom is -0.349 e. The summed E-state index contributed by atoms with van der Waals surface area (Å²) >= 11 is 0. The van der Waals surface area contributed by atoms with Gasteiger partial charge in [-0.25, -0.2) is 9.87 Å². The maximum absolute atomic E-state index is 13.6. The molecule has 2 aromatic rings. The number of rotatable bonds is 6. The van der Waals surface area contributed by atoms with Gasteiger partial charge in [0, 0.05) is 17.7 Å². The zero-order valence-electron chi connectivity index (χ0n) is 14.5. The number of halogens is 1. The number of amides is 2. The van der Waals surface area contributed by atoms with Crippen LogP contribution in [-0.2, 0) is 9.59 Å². The van der Waals surface area contributed by atoms with Crippen LogP contribution in [0.4, 0.5) is 4.39 Å². The van der Waals surface area contributed by atoms with Crippen molar-refractivity contribution >= 4 is 29.5 Å². The van der Waals surface area contributed by atoms with Crippen molar-refractivity contribution in [2.45, 2.75) is 18.9 Å². The number of hydroxylamine groups is 1. The van der Waals surface area contributed by atoms with Crippen LogP contribution in [0.1, 0.15) is 29.5 Å². The molecule has 2 amide bonds. The van der Waals surface area contributed by atoms with Gasteiger partial charge < -0.3 is 5.32 Å². The Morgan fingerprint density at radius 2 is 1.78 bits per heavy atom. The van der Waals surface area contributed by atoms with E-state index in [1.807, 2.05) is 0 Å². The molecular formula is C21H19FN2O3. The number of benzene rings is 2. The van der Waals surface area contributed by atoms with Gasteiger partial charge in [-0.05, 0) is 53.8 Å². The van der Waals surface area contributed by atoms with E-state index in [0.717, 1.165) is 24.0 Å². The van der Waals surface area contributed by atoms with Gasteiger partial charge in [-0.2, -0.15) is 0 Å². The monoisotopic (exact) mass is 366 g/mol. The second kappa shape index (κ2) is 8.42. The Morgan fingerprint density at radius 1 is 1.07 bits per heavy atom. The number of hydrogen-bond acceptors (Lipinski definition) is 3. The third-order valence-electron chi connectivity index (χ3n) is 4.08. The largest absolute Gasteiger partial charge is 0.349 e. The molecule has 1 aliphatic carbocycles. The molecule has 0 saturated heterocycles. The van der Waals surface area contributed by atoms with Gasteiger partial charge >= 0.3 is 0 Å². The molecule has 3 N–H and O–H groups in total. The Morgan fingerprint density at radius 3 is 2.41 bits per heavy atom. The number of carbonyl (C=O) groups is 2. The minimum atomic E-state index is -0.621. The van der Waals surface area contributed by atoms with Gasteiger partial charge in [0.2, 0.25) is 0 Å². The van der Waals surface area contributed by atoms with Crippen molar-refractivity contribution in [3.8, 4) is 0 Å². The Balaban J connectivity index is 1.87. The van der Waals surface area contributed by atoms with Crippen molar-refractivity contribution in [1.82, 2.24) is 10.8 Å². The van der Waals surface area contributed by atoms with Crippen LogP contribution in [0.25, 0.3) is 17.7 Å². The first kappa shape index (κ1) is 18.5. The molecule has 27 heavy (non-hydrogen) atoms. The van der Waals surface area contributed by atoms with E-state index in [-0.39, 0.29) is 11.9 Å². The first-order valence-corrected chi connectivity index (χ1v) is 8.56. The summed E-state index contributed by atoms with van der Waals surface area (Å²) in [5.41, 5.74) is 3.94. The Bertz CT molecular complexity index is 900. The van der Waals surface area contributed by atoms with Crippen LogP contribution < -0.4 is 10.8 Å². The molecule has 0 aliphatic heterocycles. The fourth-order valence-corrected chi connectivity index (χ4v) is 2.51. The lowest BCUT2D eigenvalue weighted by molar-refractivity contribution is -0.124. The Hall–Kier alpha value is -3.25. The first-order valence-electron chi connectivity index (χ1n) is 8.56. The summed E-state index contributed by atoms with van der Waals surface area (Å²) in [6.07, 6.45) is 6.38. The van der Waals surface area contributed by atoms with Crippen molar-refractivity contribution in [2.75, 3.05) is 0 Å². The first-order chi connectivity index (χ1) is 13.0. The molecule has 138 valence electrons.